The van der Waals surface area contributed by atoms with Gasteiger partial charge in [0.1, 0.15) is 12.2 Å². The van der Waals surface area contributed by atoms with E-state index < -0.39 is 11.4 Å². The van der Waals surface area contributed by atoms with Crippen molar-refractivity contribution in [2.45, 2.75) is 51.0 Å². The van der Waals surface area contributed by atoms with E-state index >= 15 is 0 Å². The molecule has 5 nitrogen and oxygen atoms in total. The molecule has 4 fully saturated rings. The van der Waals surface area contributed by atoms with E-state index in [0.717, 1.165) is 37.9 Å². The van der Waals surface area contributed by atoms with Crippen LogP contribution in [0.5, 0.6) is 0 Å². The van der Waals surface area contributed by atoms with Crippen molar-refractivity contribution in [2.75, 3.05) is 0 Å². The molecule has 1 aromatic rings. The van der Waals surface area contributed by atoms with Gasteiger partial charge in [0.15, 0.2) is 0 Å². The first-order chi connectivity index (χ1) is 9.01. The second-order valence-electron chi connectivity index (χ2n) is 7.01. The lowest BCUT2D eigenvalue weighted by Crippen LogP contribution is -2.59. The Hall–Kier alpha value is -1.39. The second kappa shape index (κ2) is 3.38. The SMILES string of the molecule is Cc1ncn(C23C[C@H]4C[C@@H](CC(C(=O)O)(C4)C2)C3)n1. The van der Waals surface area contributed by atoms with Crippen molar-refractivity contribution in [3.63, 3.8) is 0 Å². The summed E-state index contributed by atoms with van der Waals surface area (Å²) in [7, 11) is 0. The maximum atomic E-state index is 11.8. The molecule has 102 valence electrons. The fraction of sp³-hybridized carbons (Fsp3) is 0.786. The van der Waals surface area contributed by atoms with Crippen LogP contribution in [0.4, 0.5) is 0 Å². The van der Waals surface area contributed by atoms with Gasteiger partial charge >= 0.3 is 5.97 Å². The Kier molecular flexibility index (Phi) is 2.03. The lowest BCUT2D eigenvalue weighted by molar-refractivity contribution is -0.173. The van der Waals surface area contributed by atoms with Crippen LogP contribution < -0.4 is 0 Å². The number of aliphatic carboxylic acids is 1. The number of carbonyl (C=O) groups is 1. The molecule has 1 aromatic heterocycles. The van der Waals surface area contributed by atoms with Gasteiger partial charge in [-0.3, -0.25) is 4.79 Å². The predicted molar refractivity (Wildman–Crippen MR) is 67.5 cm³/mol. The number of nitrogens with zero attached hydrogens (tertiary/aromatic N) is 3. The highest BCUT2D eigenvalue weighted by Crippen LogP contribution is 2.64. The zero-order valence-corrected chi connectivity index (χ0v) is 11.2. The molecule has 0 radical (unpaired) electrons. The van der Waals surface area contributed by atoms with Gasteiger partial charge in [-0.1, -0.05) is 0 Å². The second-order valence-corrected chi connectivity index (χ2v) is 7.01. The standard InChI is InChI=1S/C14H19N3O2/c1-9-15-8-17(16-9)14-5-10-2-11(6-14)4-13(3-10,7-14)12(18)19/h8,10-11H,2-7H2,1H3,(H,18,19)/t10-,11-,13?,14?/m0/s1. The largest absolute Gasteiger partial charge is 0.481 e. The van der Waals surface area contributed by atoms with E-state index in [9.17, 15) is 9.90 Å². The van der Waals surface area contributed by atoms with Crippen LogP contribution in [-0.2, 0) is 10.3 Å². The van der Waals surface area contributed by atoms with Gasteiger partial charge in [-0.05, 0) is 57.3 Å². The summed E-state index contributed by atoms with van der Waals surface area (Å²) in [4.78, 5) is 16.0. The van der Waals surface area contributed by atoms with E-state index in [0.29, 0.717) is 11.8 Å². The van der Waals surface area contributed by atoms with Gasteiger partial charge in [-0.25, -0.2) is 9.67 Å². The van der Waals surface area contributed by atoms with Crippen LogP contribution in [0.1, 0.15) is 44.3 Å². The van der Waals surface area contributed by atoms with E-state index in [-0.39, 0.29) is 5.54 Å². The Bertz CT molecular complexity index is 537. The lowest BCUT2D eigenvalue weighted by atomic mass is 9.47. The van der Waals surface area contributed by atoms with E-state index in [2.05, 4.69) is 10.1 Å². The summed E-state index contributed by atoms with van der Waals surface area (Å²) in [5.41, 5.74) is -0.576. The Balaban J connectivity index is 1.80. The first-order valence-electron chi connectivity index (χ1n) is 7.14. The monoisotopic (exact) mass is 261 g/mol. The minimum absolute atomic E-state index is 0.0796. The van der Waals surface area contributed by atoms with Gasteiger partial charge in [0.05, 0.1) is 11.0 Å². The molecule has 1 heterocycles. The third-order valence-electron chi connectivity index (χ3n) is 5.58. The molecule has 0 amide bonds. The number of aromatic nitrogens is 3. The molecule has 0 unspecified atom stereocenters. The minimum atomic E-state index is -0.595. The van der Waals surface area contributed by atoms with Gasteiger partial charge in [0.2, 0.25) is 0 Å². The molecule has 0 spiro atoms. The summed E-state index contributed by atoms with van der Waals surface area (Å²) in [5.74, 6) is 1.30. The Labute approximate surface area is 112 Å². The van der Waals surface area contributed by atoms with Crippen LogP contribution in [0.3, 0.4) is 0 Å². The first-order valence-corrected chi connectivity index (χ1v) is 7.14. The molecule has 0 saturated heterocycles. The molecule has 5 rings (SSSR count). The minimum Gasteiger partial charge on any atom is -0.481 e. The molecule has 2 atom stereocenters. The molecule has 0 aromatic carbocycles. The fourth-order valence-corrected chi connectivity index (χ4v) is 5.31. The van der Waals surface area contributed by atoms with Crippen molar-refractivity contribution in [3.8, 4) is 0 Å². The van der Waals surface area contributed by atoms with Crippen LogP contribution in [-0.4, -0.2) is 25.8 Å². The molecular formula is C14H19N3O2. The smallest absolute Gasteiger partial charge is 0.309 e. The number of carboxylic acid groups (broad SMARTS) is 1. The Morgan fingerprint density at radius 2 is 2.05 bits per heavy atom. The topological polar surface area (TPSA) is 68.0 Å². The molecular weight excluding hydrogens is 242 g/mol. The molecule has 5 heteroatoms. The molecule has 4 saturated carbocycles. The number of carboxylic acids is 1. The average Bonchev–Trinajstić information content (AvgIpc) is 2.74. The van der Waals surface area contributed by atoms with Crippen molar-refractivity contribution >= 4 is 5.97 Å². The molecule has 4 aliphatic rings. The predicted octanol–water partition coefficient (Wildman–Crippen LogP) is 1.97. The van der Waals surface area contributed by atoms with Gasteiger partial charge in [0.25, 0.3) is 0 Å². The maximum Gasteiger partial charge on any atom is 0.309 e. The van der Waals surface area contributed by atoms with Crippen LogP contribution in [0, 0.1) is 24.2 Å². The van der Waals surface area contributed by atoms with Crippen molar-refractivity contribution < 1.29 is 9.90 Å². The normalized spacial score (nSPS) is 43.6. The third-order valence-corrected chi connectivity index (χ3v) is 5.58. The molecule has 4 bridgehead atoms. The quantitative estimate of drug-likeness (QED) is 0.883. The Morgan fingerprint density at radius 1 is 1.37 bits per heavy atom. The number of hydrogen-bond acceptors (Lipinski definition) is 3. The summed E-state index contributed by atoms with van der Waals surface area (Å²) in [6, 6.07) is 0. The average molecular weight is 261 g/mol. The highest BCUT2D eigenvalue weighted by molar-refractivity contribution is 5.75. The van der Waals surface area contributed by atoms with Crippen LogP contribution >= 0.6 is 0 Å². The van der Waals surface area contributed by atoms with E-state index in [4.69, 9.17) is 0 Å². The van der Waals surface area contributed by atoms with Crippen LogP contribution in [0.2, 0.25) is 0 Å². The van der Waals surface area contributed by atoms with E-state index in [1.807, 2.05) is 11.6 Å². The van der Waals surface area contributed by atoms with Gasteiger partial charge in [-0.15, -0.1) is 0 Å². The highest BCUT2D eigenvalue weighted by Gasteiger charge is 2.62. The molecule has 1 N–H and O–H groups in total. The van der Waals surface area contributed by atoms with Crippen molar-refractivity contribution in [2.24, 2.45) is 17.3 Å². The van der Waals surface area contributed by atoms with E-state index in [1.54, 1.807) is 6.33 Å². The summed E-state index contributed by atoms with van der Waals surface area (Å²) >= 11 is 0. The molecule has 4 aliphatic carbocycles. The van der Waals surface area contributed by atoms with Gasteiger partial charge in [-0.2, -0.15) is 5.10 Å². The van der Waals surface area contributed by atoms with Crippen molar-refractivity contribution in [3.05, 3.63) is 12.2 Å². The highest BCUT2D eigenvalue weighted by atomic mass is 16.4. The zero-order valence-electron chi connectivity index (χ0n) is 11.2. The van der Waals surface area contributed by atoms with Crippen LogP contribution in [0.25, 0.3) is 0 Å². The zero-order chi connectivity index (χ0) is 13.3. The summed E-state index contributed by atoms with van der Waals surface area (Å²) in [6.07, 6.45) is 7.67. The van der Waals surface area contributed by atoms with Crippen molar-refractivity contribution in [1.29, 1.82) is 0 Å². The first kappa shape index (κ1) is 11.4. The summed E-state index contributed by atoms with van der Waals surface area (Å²) < 4.78 is 1.98. The van der Waals surface area contributed by atoms with Gasteiger partial charge < -0.3 is 5.11 Å². The van der Waals surface area contributed by atoms with Gasteiger partial charge in [0, 0.05) is 0 Å². The fourth-order valence-electron chi connectivity index (χ4n) is 5.31. The summed E-state index contributed by atoms with van der Waals surface area (Å²) in [6.45, 7) is 1.89. The van der Waals surface area contributed by atoms with Crippen molar-refractivity contribution in [1.82, 2.24) is 14.8 Å². The summed E-state index contributed by atoms with van der Waals surface area (Å²) in [5, 5.41) is 14.2. The number of rotatable bonds is 2. The lowest BCUT2D eigenvalue weighted by Gasteiger charge is -2.60. The maximum absolute atomic E-state index is 11.8. The third kappa shape index (κ3) is 1.44. The number of hydrogen-bond donors (Lipinski definition) is 1. The van der Waals surface area contributed by atoms with Crippen LogP contribution in [0.15, 0.2) is 6.33 Å². The molecule has 19 heavy (non-hydrogen) atoms. The Morgan fingerprint density at radius 3 is 2.58 bits per heavy atom. The molecule has 0 aliphatic heterocycles. The van der Waals surface area contributed by atoms with E-state index in [1.165, 1.54) is 6.42 Å². The number of aryl methyl sites for hydroxylation is 1.